The second kappa shape index (κ2) is 7.52. The second-order valence-electron chi connectivity index (χ2n) is 10.2. The van der Waals surface area contributed by atoms with Crippen molar-refractivity contribution >= 4 is 0 Å². The van der Waals surface area contributed by atoms with Gasteiger partial charge in [-0.05, 0) is 76.1 Å². The summed E-state index contributed by atoms with van der Waals surface area (Å²) in [5, 5.41) is 0. The van der Waals surface area contributed by atoms with Gasteiger partial charge < -0.3 is 0 Å². The average Bonchev–Trinajstić information content (AvgIpc) is 2.88. The highest BCUT2D eigenvalue weighted by Crippen LogP contribution is 2.56. The highest BCUT2D eigenvalue weighted by Gasteiger charge is 2.41. The number of nitrogens with zero attached hydrogens (tertiary/aromatic N) is 1. The van der Waals surface area contributed by atoms with Crippen molar-refractivity contribution in [2.75, 3.05) is 0 Å². The van der Waals surface area contributed by atoms with Gasteiger partial charge in [-0.25, -0.2) is 4.57 Å². The van der Waals surface area contributed by atoms with E-state index in [2.05, 4.69) is 129 Å². The zero-order chi connectivity index (χ0) is 23.7. The van der Waals surface area contributed by atoms with Crippen molar-refractivity contribution in [3.63, 3.8) is 0 Å². The third-order valence-electron chi connectivity index (χ3n) is 8.10. The van der Waals surface area contributed by atoms with Crippen molar-refractivity contribution in [3.8, 4) is 22.4 Å². The average molecular weight is 451 g/mol. The Kier molecular flexibility index (Phi) is 4.38. The third kappa shape index (κ3) is 2.98. The molecule has 2 atom stereocenters. The van der Waals surface area contributed by atoms with Gasteiger partial charge in [0.15, 0.2) is 6.20 Å². The maximum Gasteiger partial charge on any atom is 0.213 e. The van der Waals surface area contributed by atoms with Crippen molar-refractivity contribution in [2.45, 2.75) is 25.7 Å². The fourth-order valence-electron chi connectivity index (χ4n) is 6.39. The molecular weight excluding hydrogens is 422 g/mol. The summed E-state index contributed by atoms with van der Waals surface area (Å²) in [4.78, 5) is 0. The maximum absolute atomic E-state index is 2.46. The molecule has 0 radical (unpaired) electrons. The smallest absolute Gasteiger partial charge is 0.201 e. The number of hydrogen-bond donors (Lipinski definition) is 0. The van der Waals surface area contributed by atoms with Crippen LogP contribution in [-0.4, -0.2) is 0 Å². The maximum atomic E-state index is 2.46. The van der Waals surface area contributed by atoms with E-state index in [1.54, 1.807) is 0 Å². The fourth-order valence-corrected chi connectivity index (χ4v) is 6.39. The Morgan fingerprint density at radius 1 is 0.543 bits per heavy atom. The summed E-state index contributed by atoms with van der Waals surface area (Å²) in [6.07, 6.45) is 2.19. The number of aryl methyl sites for hydroxylation is 3. The Morgan fingerprint density at radius 2 is 1.14 bits per heavy atom. The molecule has 1 aromatic heterocycles. The van der Waals surface area contributed by atoms with Crippen LogP contribution in [0.25, 0.3) is 22.4 Å². The summed E-state index contributed by atoms with van der Waals surface area (Å²) >= 11 is 0. The van der Waals surface area contributed by atoms with E-state index >= 15 is 0 Å². The summed E-state index contributed by atoms with van der Waals surface area (Å²) in [6.45, 7) is 4.40. The number of hydrogen-bond acceptors (Lipinski definition) is 0. The second-order valence-corrected chi connectivity index (χ2v) is 10.2. The van der Waals surface area contributed by atoms with Crippen LogP contribution in [0.5, 0.6) is 0 Å². The zero-order valence-electron chi connectivity index (χ0n) is 20.4. The number of pyridine rings is 1. The van der Waals surface area contributed by atoms with Crippen molar-refractivity contribution in [1.29, 1.82) is 0 Å². The van der Waals surface area contributed by atoms with Gasteiger partial charge in [0.05, 0.1) is 0 Å². The predicted octanol–water partition coefficient (Wildman–Crippen LogP) is 7.45. The van der Waals surface area contributed by atoms with Crippen LogP contribution < -0.4 is 4.57 Å². The van der Waals surface area contributed by atoms with Crippen LogP contribution in [0.1, 0.15) is 56.3 Å². The summed E-state index contributed by atoms with van der Waals surface area (Å²) in [6, 6.07) is 36.5. The highest BCUT2D eigenvalue weighted by atomic mass is 14.9. The normalized spacial score (nSPS) is 17.0. The van der Waals surface area contributed by atoms with Crippen LogP contribution >= 0.6 is 0 Å². The van der Waals surface area contributed by atoms with Crippen molar-refractivity contribution in [2.24, 2.45) is 7.05 Å². The number of benzene rings is 4. The van der Waals surface area contributed by atoms with E-state index in [4.69, 9.17) is 0 Å². The number of rotatable bonds is 2. The van der Waals surface area contributed by atoms with Crippen molar-refractivity contribution < 1.29 is 4.57 Å². The van der Waals surface area contributed by atoms with E-state index in [-0.39, 0.29) is 0 Å². The first kappa shape index (κ1) is 20.4. The van der Waals surface area contributed by atoms with Gasteiger partial charge in [0, 0.05) is 29.5 Å². The Balaban J connectivity index is 1.40. The number of aromatic nitrogens is 1. The lowest BCUT2D eigenvalue weighted by molar-refractivity contribution is -0.660. The Bertz CT molecular complexity index is 1640. The van der Waals surface area contributed by atoms with Gasteiger partial charge in [0.1, 0.15) is 7.05 Å². The van der Waals surface area contributed by atoms with E-state index in [0.717, 1.165) is 0 Å². The Morgan fingerprint density at radius 3 is 1.89 bits per heavy atom. The van der Waals surface area contributed by atoms with Gasteiger partial charge in [0.2, 0.25) is 5.69 Å². The molecule has 4 aromatic carbocycles. The minimum Gasteiger partial charge on any atom is -0.201 e. The minimum absolute atomic E-state index is 0.303. The van der Waals surface area contributed by atoms with E-state index in [0.29, 0.717) is 11.8 Å². The van der Waals surface area contributed by atoms with Crippen LogP contribution in [0.4, 0.5) is 0 Å². The summed E-state index contributed by atoms with van der Waals surface area (Å²) < 4.78 is 2.22. The molecule has 2 unspecified atom stereocenters. The molecular formula is C34H28N+. The molecule has 0 saturated carbocycles. The van der Waals surface area contributed by atoms with Gasteiger partial charge in [-0.15, -0.1) is 0 Å². The Labute approximate surface area is 207 Å². The lowest BCUT2D eigenvalue weighted by atomic mass is 9.60. The topological polar surface area (TPSA) is 3.88 Å². The lowest BCUT2D eigenvalue weighted by Crippen LogP contribution is -2.30. The van der Waals surface area contributed by atoms with E-state index < -0.39 is 0 Å². The van der Waals surface area contributed by atoms with Crippen LogP contribution in [0.3, 0.4) is 0 Å². The zero-order valence-corrected chi connectivity index (χ0v) is 20.4. The molecule has 1 heteroatoms. The molecule has 2 bridgehead atoms. The van der Waals surface area contributed by atoms with Gasteiger partial charge in [-0.3, -0.25) is 0 Å². The van der Waals surface area contributed by atoms with Gasteiger partial charge in [-0.1, -0.05) is 78.4 Å². The minimum atomic E-state index is 0.303. The molecule has 1 heterocycles. The van der Waals surface area contributed by atoms with Gasteiger partial charge in [-0.2, -0.15) is 0 Å². The molecule has 0 fully saturated rings. The first-order valence-electron chi connectivity index (χ1n) is 12.5. The van der Waals surface area contributed by atoms with E-state index in [1.807, 2.05) is 0 Å². The fraction of sp³-hybridized carbons (Fsp3) is 0.147. The van der Waals surface area contributed by atoms with Crippen LogP contribution in [0.15, 0.2) is 103 Å². The highest BCUT2D eigenvalue weighted by molar-refractivity contribution is 5.75. The molecule has 5 aromatic rings. The lowest BCUT2D eigenvalue weighted by Gasteiger charge is -2.42. The largest absolute Gasteiger partial charge is 0.213 e. The van der Waals surface area contributed by atoms with E-state index in [9.17, 15) is 0 Å². The molecule has 0 amide bonds. The third-order valence-corrected chi connectivity index (χ3v) is 8.10. The van der Waals surface area contributed by atoms with Gasteiger partial charge in [0.25, 0.3) is 0 Å². The SMILES string of the molecule is Cc1ccc2c(c1)C1c3ccccc3C2c2cc(-c3cc[n+](C)c(-c4ccccc4C)c3)ccc21. The molecule has 3 aliphatic rings. The molecule has 0 aliphatic heterocycles. The molecule has 35 heavy (non-hydrogen) atoms. The summed E-state index contributed by atoms with van der Waals surface area (Å²) in [5.41, 5.74) is 16.6. The first-order chi connectivity index (χ1) is 17.1. The molecule has 8 rings (SSSR count). The summed E-state index contributed by atoms with van der Waals surface area (Å²) in [7, 11) is 2.13. The molecule has 3 aliphatic carbocycles. The van der Waals surface area contributed by atoms with Crippen molar-refractivity contribution in [3.05, 3.63) is 148 Å². The summed E-state index contributed by atoms with van der Waals surface area (Å²) in [5.74, 6) is 0.628. The monoisotopic (exact) mass is 450 g/mol. The molecule has 0 N–H and O–H groups in total. The molecule has 168 valence electrons. The van der Waals surface area contributed by atoms with E-state index in [1.165, 1.54) is 66.9 Å². The van der Waals surface area contributed by atoms with Crippen LogP contribution in [0, 0.1) is 13.8 Å². The predicted molar refractivity (Wildman–Crippen MR) is 143 cm³/mol. The first-order valence-corrected chi connectivity index (χ1v) is 12.5. The quantitative estimate of drug-likeness (QED) is 0.241. The molecule has 0 spiro atoms. The van der Waals surface area contributed by atoms with Crippen LogP contribution in [-0.2, 0) is 7.05 Å². The van der Waals surface area contributed by atoms with Crippen molar-refractivity contribution in [1.82, 2.24) is 0 Å². The molecule has 1 nitrogen and oxygen atoms in total. The molecule has 0 saturated heterocycles. The standard InChI is InChI=1S/C34H28N/c1-21-12-14-28-30(18-21)33-26-10-6-7-11-27(26)34(28)31-19-23(13-15-29(31)33)24-16-17-35(3)32(20-24)25-9-5-4-8-22(25)2/h4-20,33-34H,1-3H3/q+1. The van der Waals surface area contributed by atoms with Crippen LogP contribution in [0.2, 0.25) is 0 Å². The Hall–Kier alpha value is -3.97. The van der Waals surface area contributed by atoms with Gasteiger partial charge >= 0.3 is 0 Å².